The van der Waals surface area contributed by atoms with Gasteiger partial charge in [0.25, 0.3) is 0 Å². The zero-order valence-electron chi connectivity index (χ0n) is 13.1. The van der Waals surface area contributed by atoms with Crippen LogP contribution in [0.15, 0.2) is 24.7 Å². The molecule has 0 N–H and O–H groups in total. The van der Waals surface area contributed by atoms with Crippen LogP contribution >= 0.6 is 0 Å². The fourth-order valence-corrected chi connectivity index (χ4v) is 3.03. The predicted octanol–water partition coefficient (Wildman–Crippen LogP) is 1.70. The van der Waals surface area contributed by atoms with Gasteiger partial charge in [-0.15, -0.1) is 0 Å². The maximum Gasteiger partial charge on any atom is 0.244 e. The van der Waals surface area contributed by atoms with E-state index in [1.165, 1.54) is 0 Å². The van der Waals surface area contributed by atoms with Gasteiger partial charge in [-0.05, 0) is 32.8 Å². The van der Waals surface area contributed by atoms with Gasteiger partial charge < -0.3 is 4.90 Å². The van der Waals surface area contributed by atoms with Crippen molar-refractivity contribution < 1.29 is 4.79 Å². The zero-order chi connectivity index (χ0) is 15.5. The van der Waals surface area contributed by atoms with Crippen LogP contribution in [0.1, 0.15) is 35.8 Å². The second kappa shape index (κ2) is 6.25. The van der Waals surface area contributed by atoms with Crippen molar-refractivity contribution in [2.24, 2.45) is 0 Å². The number of carbonyl (C=O) groups excluding carboxylic acids is 1. The van der Waals surface area contributed by atoms with Gasteiger partial charge in [0.2, 0.25) is 5.91 Å². The molecule has 6 heteroatoms. The number of rotatable bonds is 3. The fourth-order valence-electron chi connectivity index (χ4n) is 3.03. The van der Waals surface area contributed by atoms with E-state index in [-0.39, 0.29) is 11.8 Å². The summed E-state index contributed by atoms with van der Waals surface area (Å²) in [5, 5.41) is 4.37. The van der Waals surface area contributed by atoms with Crippen LogP contribution in [-0.4, -0.2) is 43.6 Å². The average molecular weight is 299 g/mol. The third-order valence-corrected chi connectivity index (χ3v) is 4.16. The fraction of sp³-hybridized carbons (Fsp3) is 0.500. The third-order valence-electron chi connectivity index (χ3n) is 4.16. The number of hydrogen-bond donors (Lipinski definition) is 0. The summed E-state index contributed by atoms with van der Waals surface area (Å²) in [6.07, 6.45) is 7.26. The molecule has 3 heterocycles. The van der Waals surface area contributed by atoms with Crippen molar-refractivity contribution in [2.45, 2.75) is 39.2 Å². The number of likely N-dealkylation sites (tertiary alicyclic amines) is 1. The molecule has 1 aliphatic heterocycles. The van der Waals surface area contributed by atoms with Gasteiger partial charge >= 0.3 is 0 Å². The molecule has 2 aromatic heterocycles. The Balaban J connectivity index is 1.67. The van der Waals surface area contributed by atoms with E-state index in [9.17, 15) is 4.79 Å². The Morgan fingerprint density at radius 2 is 2.23 bits per heavy atom. The second-order valence-corrected chi connectivity index (χ2v) is 5.89. The molecule has 116 valence electrons. The molecule has 22 heavy (non-hydrogen) atoms. The van der Waals surface area contributed by atoms with Crippen molar-refractivity contribution in [3.63, 3.8) is 0 Å². The normalized spacial score (nSPS) is 18.5. The van der Waals surface area contributed by atoms with E-state index in [4.69, 9.17) is 0 Å². The molecule has 2 aromatic rings. The molecular formula is C16H21N5O. The number of amides is 1. The standard InChI is InChI=1S/C16H21N5O/c1-12-8-13(2)21(19-12)11-16(22)20-7-3-4-14(10-20)15-9-17-5-6-18-15/h5-6,8-9,14H,3-4,7,10-11H2,1-2H3. The van der Waals surface area contributed by atoms with Gasteiger partial charge in [0, 0.05) is 43.3 Å². The summed E-state index contributed by atoms with van der Waals surface area (Å²) in [6, 6.07) is 1.99. The quantitative estimate of drug-likeness (QED) is 0.865. The van der Waals surface area contributed by atoms with Crippen molar-refractivity contribution in [3.8, 4) is 0 Å². The average Bonchev–Trinajstić information content (AvgIpc) is 2.86. The zero-order valence-corrected chi connectivity index (χ0v) is 13.1. The molecule has 0 aliphatic carbocycles. The first kappa shape index (κ1) is 14.7. The molecule has 1 atom stereocenters. The second-order valence-electron chi connectivity index (χ2n) is 5.89. The van der Waals surface area contributed by atoms with E-state index in [0.717, 1.165) is 43.0 Å². The Morgan fingerprint density at radius 3 is 2.91 bits per heavy atom. The Hall–Kier alpha value is -2.24. The topological polar surface area (TPSA) is 63.9 Å². The molecule has 6 nitrogen and oxygen atoms in total. The van der Waals surface area contributed by atoms with E-state index in [0.29, 0.717) is 6.54 Å². The van der Waals surface area contributed by atoms with Crippen LogP contribution in [0, 0.1) is 13.8 Å². The first-order valence-corrected chi connectivity index (χ1v) is 7.68. The lowest BCUT2D eigenvalue weighted by Crippen LogP contribution is -2.41. The highest BCUT2D eigenvalue weighted by Crippen LogP contribution is 2.25. The van der Waals surface area contributed by atoms with Crippen molar-refractivity contribution >= 4 is 5.91 Å². The lowest BCUT2D eigenvalue weighted by molar-refractivity contribution is -0.133. The van der Waals surface area contributed by atoms with Gasteiger partial charge in [-0.1, -0.05) is 0 Å². The summed E-state index contributed by atoms with van der Waals surface area (Å²) in [6.45, 7) is 5.77. The molecule has 0 spiro atoms. The Morgan fingerprint density at radius 1 is 1.36 bits per heavy atom. The molecule has 1 amide bonds. The number of aryl methyl sites for hydroxylation is 2. The van der Waals surface area contributed by atoms with E-state index < -0.39 is 0 Å². The molecule has 1 unspecified atom stereocenters. The monoisotopic (exact) mass is 299 g/mol. The van der Waals surface area contributed by atoms with Crippen molar-refractivity contribution in [2.75, 3.05) is 13.1 Å². The summed E-state index contributed by atoms with van der Waals surface area (Å²) in [7, 11) is 0. The summed E-state index contributed by atoms with van der Waals surface area (Å²) in [4.78, 5) is 23.0. The van der Waals surface area contributed by atoms with Gasteiger partial charge in [0.05, 0.1) is 11.4 Å². The first-order chi connectivity index (χ1) is 10.6. The van der Waals surface area contributed by atoms with Gasteiger partial charge in [-0.25, -0.2) is 0 Å². The van der Waals surface area contributed by atoms with E-state index in [2.05, 4.69) is 15.1 Å². The number of aromatic nitrogens is 4. The predicted molar refractivity (Wildman–Crippen MR) is 82.3 cm³/mol. The Bertz CT molecular complexity index is 652. The number of nitrogens with zero attached hydrogens (tertiary/aromatic N) is 5. The molecule has 0 bridgehead atoms. The van der Waals surface area contributed by atoms with Crippen LogP contribution in [0.3, 0.4) is 0 Å². The molecule has 1 saturated heterocycles. The number of hydrogen-bond acceptors (Lipinski definition) is 4. The van der Waals surface area contributed by atoms with Gasteiger partial charge in [0.15, 0.2) is 0 Å². The Labute approximate surface area is 130 Å². The van der Waals surface area contributed by atoms with E-state index >= 15 is 0 Å². The number of piperidine rings is 1. The molecule has 0 saturated carbocycles. The summed E-state index contributed by atoms with van der Waals surface area (Å²) in [5.74, 6) is 0.409. The van der Waals surface area contributed by atoms with Gasteiger partial charge in [-0.2, -0.15) is 5.10 Å². The minimum Gasteiger partial charge on any atom is -0.340 e. The molecule has 0 aromatic carbocycles. The first-order valence-electron chi connectivity index (χ1n) is 7.68. The van der Waals surface area contributed by atoms with Crippen molar-refractivity contribution in [1.29, 1.82) is 0 Å². The molecular weight excluding hydrogens is 278 g/mol. The lowest BCUT2D eigenvalue weighted by Gasteiger charge is -2.32. The van der Waals surface area contributed by atoms with Crippen LogP contribution in [0.25, 0.3) is 0 Å². The third kappa shape index (κ3) is 3.16. The smallest absolute Gasteiger partial charge is 0.244 e. The highest BCUT2D eigenvalue weighted by Gasteiger charge is 2.26. The van der Waals surface area contributed by atoms with Gasteiger partial charge in [-0.3, -0.25) is 19.4 Å². The molecule has 1 fully saturated rings. The Kier molecular flexibility index (Phi) is 4.18. The largest absolute Gasteiger partial charge is 0.340 e. The van der Waals surface area contributed by atoms with E-state index in [1.807, 2.05) is 24.8 Å². The summed E-state index contributed by atoms with van der Waals surface area (Å²) < 4.78 is 1.78. The van der Waals surface area contributed by atoms with Crippen LogP contribution in [0.2, 0.25) is 0 Å². The highest BCUT2D eigenvalue weighted by atomic mass is 16.2. The molecule has 1 aliphatic rings. The van der Waals surface area contributed by atoms with Crippen LogP contribution in [0.4, 0.5) is 0 Å². The molecule has 0 radical (unpaired) electrons. The van der Waals surface area contributed by atoms with E-state index in [1.54, 1.807) is 23.3 Å². The van der Waals surface area contributed by atoms with Crippen LogP contribution in [-0.2, 0) is 11.3 Å². The minimum atomic E-state index is 0.125. The minimum absolute atomic E-state index is 0.125. The maximum absolute atomic E-state index is 12.5. The summed E-state index contributed by atoms with van der Waals surface area (Å²) in [5.41, 5.74) is 2.95. The summed E-state index contributed by atoms with van der Waals surface area (Å²) >= 11 is 0. The lowest BCUT2D eigenvalue weighted by atomic mass is 9.95. The van der Waals surface area contributed by atoms with Crippen LogP contribution in [0.5, 0.6) is 0 Å². The van der Waals surface area contributed by atoms with Crippen LogP contribution < -0.4 is 0 Å². The SMILES string of the molecule is Cc1cc(C)n(CC(=O)N2CCCC(c3cnccn3)C2)n1. The van der Waals surface area contributed by atoms with Gasteiger partial charge in [0.1, 0.15) is 6.54 Å². The molecule has 3 rings (SSSR count). The number of carbonyl (C=O) groups is 1. The van der Waals surface area contributed by atoms with Crippen molar-refractivity contribution in [1.82, 2.24) is 24.6 Å². The van der Waals surface area contributed by atoms with Crippen molar-refractivity contribution in [3.05, 3.63) is 41.7 Å². The highest BCUT2D eigenvalue weighted by molar-refractivity contribution is 5.76. The maximum atomic E-state index is 12.5.